The number of hydrogen-bond acceptors (Lipinski definition) is 6. The molecule has 0 saturated carbocycles. The van der Waals surface area contributed by atoms with Gasteiger partial charge in [-0.25, -0.2) is 4.39 Å². The number of aryl methyl sites for hydroxylation is 1. The maximum absolute atomic E-state index is 14.9. The van der Waals surface area contributed by atoms with Crippen LogP contribution in [0, 0.1) is 23.6 Å². The van der Waals surface area contributed by atoms with Gasteiger partial charge in [0.1, 0.15) is 29.8 Å². The number of benzene rings is 3. The quantitative estimate of drug-likeness (QED) is 0.125. The van der Waals surface area contributed by atoms with Crippen molar-refractivity contribution in [2.45, 2.75) is 34.1 Å². The Labute approximate surface area is 227 Å². The molecular weight excluding hydrogens is 495 g/mol. The van der Waals surface area contributed by atoms with Gasteiger partial charge < -0.3 is 26.6 Å². The number of halogens is 1. The Balaban J connectivity index is 0.00000420. The molecule has 9 heteroatoms. The summed E-state index contributed by atoms with van der Waals surface area (Å²) in [4.78, 5) is 4.41. The summed E-state index contributed by atoms with van der Waals surface area (Å²) >= 11 is 0. The minimum Gasteiger partial charge on any atom is -0.487 e. The summed E-state index contributed by atoms with van der Waals surface area (Å²) in [7, 11) is 0. The second-order valence-electron chi connectivity index (χ2n) is 8.77. The lowest BCUT2D eigenvalue weighted by Gasteiger charge is -2.17. The molecule has 1 aromatic heterocycles. The molecule has 4 aromatic rings. The van der Waals surface area contributed by atoms with Crippen LogP contribution in [0.2, 0.25) is 0 Å². The lowest BCUT2D eigenvalue weighted by Crippen LogP contribution is -2.11. The SMILES string of the molecule is C.Cc1ncc(CNc2ccc(-c3ccc(C(=N)N)cc3)cc2F)c(CO)c1OCc1ccc(C(=N)N)cc1. The highest BCUT2D eigenvalue weighted by Crippen LogP contribution is 2.29. The lowest BCUT2D eigenvalue weighted by molar-refractivity contribution is 0.256. The summed E-state index contributed by atoms with van der Waals surface area (Å²) < 4.78 is 21.0. The molecule has 4 rings (SSSR count). The molecule has 0 fully saturated rings. The van der Waals surface area contributed by atoms with Crippen molar-refractivity contribution >= 4 is 17.4 Å². The second kappa shape index (κ2) is 12.7. The highest BCUT2D eigenvalue weighted by molar-refractivity contribution is 5.95. The fraction of sp³-hybridized carbons (Fsp3) is 0.167. The van der Waals surface area contributed by atoms with E-state index in [0.29, 0.717) is 44.9 Å². The standard InChI is InChI=1S/C29H29FN6O2.CH4/c1-17-27(38-16-18-2-4-20(5-3-18)28(31)32)24(15-37)23(13-35-17)14-36-26-11-10-22(12-25(26)30)19-6-8-21(9-7-19)29(33)34;/h2-13,36-37H,14-16H2,1H3,(H3,31,32)(H3,33,34);1H4. The topological polar surface area (TPSA) is 154 Å². The van der Waals surface area contributed by atoms with Gasteiger partial charge in [0.05, 0.1) is 18.0 Å². The zero-order chi connectivity index (χ0) is 27.2. The fourth-order valence-electron chi connectivity index (χ4n) is 4.00. The molecule has 8 nitrogen and oxygen atoms in total. The highest BCUT2D eigenvalue weighted by Gasteiger charge is 2.15. The molecule has 0 unspecified atom stereocenters. The van der Waals surface area contributed by atoms with E-state index >= 15 is 0 Å². The van der Waals surface area contributed by atoms with Gasteiger partial charge in [0.15, 0.2) is 0 Å². The minimum absolute atomic E-state index is 0. The van der Waals surface area contributed by atoms with E-state index in [0.717, 1.165) is 11.1 Å². The normalized spacial score (nSPS) is 10.4. The van der Waals surface area contributed by atoms with E-state index in [-0.39, 0.29) is 38.9 Å². The Kier molecular flexibility index (Phi) is 9.35. The first-order valence-corrected chi connectivity index (χ1v) is 11.9. The Morgan fingerprint density at radius 2 is 1.54 bits per heavy atom. The molecular formula is C30H33FN6O2. The first-order chi connectivity index (χ1) is 18.3. The number of rotatable bonds is 10. The smallest absolute Gasteiger partial charge is 0.146 e. The molecule has 0 aliphatic heterocycles. The third kappa shape index (κ3) is 6.77. The highest BCUT2D eigenvalue weighted by atomic mass is 19.1. The van der Waals surface area contributed by atoms with Crippen molar-refractivity contribution < 1.29 is 14.2 Å². The average Bonchev–Trinajstić information content (AvgIpc) is 2.92. The minimum atomic E-state index is -0.422. The molecule has 0 aliphatic carbocycles. The maximum Gasteiger partial charge on any atom is 0.146 e. The number of hydrogen-bond donors (Lipinski definition) is 6. The van der Waals surface area contributed by atoms with Crippen LogP contribution in [-0.2, 0) is 19.8 Å². The van der Waals surface area contributed by atoms with Crippen LogP contribution in [0.25, 0.3) is 11.1 Å². The average molecular weight is 529 g/mol. The summed E-state index contributed by atoms with van der Waals surface area (Å²) in [6.45, 7) is 2.01. The molecule has 3 aromatic carbocycles. The first kappa shape index (κ1) is 28.8. The molecule has 0 amide bonds. The molecule has 0 atom stereocenters. The van der Waals surface area contributed by atoms with Crippen molar-refractivity contribution in [2.24, 2.45) is 11.5 Å². The third-order valence-corrected chi connectivity index (χ3v) is 6.18. The molecule has 0 spiro atoms. The van der Waals surface area contributed by atoms with Gasteiger partial charge in [-0.05, 0) is 41.3 Å². The van der Waals surface area contributed by atoms with Crippen LogP contribution in [0.3, 0.4) is 0 Å². The number of aliphatic hydroxyl groups is 1. The molecule has 0 bridgehead atoms. The fourth-order valence-corrected chi connectivity index (χ4v) is 4.00. The van der Waals surface area contributed by atoms with Gasteiger partial charge in [-0.2, -0.15) is 0 Å². The van der Waals surface area contributed by atoms with Gasteiger partial charge in [-0.1, -0.05) is 62.0 Å². The van der Waals surface area contributed by atoms with Crippen molar-refractivity contribution in [2.75, 3.05) is 5.32 Å². The van der Waals surface area contributed by atoms with E-state index in [2.05, 4.69) is 10.3 Å². The van der Waals surface area contributed by atoms with Gasteiger partial charge in [-0.15, -0.1) is 0 Å². The number of nitrogens with two attached hydrogens (primary N) is 2. The van der Waals surface area contributed by atoms with Crippen molar-refractivity contribution in [3.05, 3.63) is 112 Å². The van der Waals surface area contributed by atoms with Gasteiger partial charge >= 0.3 is 0 Å². The number of pyridine rings is 1. The van der Waals surface area contributed by atoms with E-state index in [1.165, 1.54) is 6.07 Å². The Hall–Kier alpha value is -4.76. The van der Waals surface area contributed by atoms with E-state index in [4.69, 9.17) is 27.0 Å². The number of nitrogens with zero attached hydrogens (tertiary/aromatic N) is 1. The van der Waals surface area contributed by atoms with Crippen LogP contribution in [0.15, 0.2) is 72.9 Å². The van der Waals surface area contributed by atoms with E-state index in [1.807, 2.05) is 12.1 Å². The molecule has 202 valence electrons. The summed E-state index contributed by atoms with van der Waals surface area (Å²) in [5, 5.41) is 28.2. The zero-order valence-corrected chi connectivity index (χ0v) is 20.9. The number of ether oxygens (including phenoxy) is 1. The Bertz CT molecular complexity index is 1470. The van der Waals surface area contributed by atoms with Crippen LogP contribution in [0.5, 0.6) is 5.75 Å². The van der Waals surface area contributed by atoms with Gasteiger partial charge in [0.25, 0.3) is 0 Å². The maximum atomic E-state index is 14.9. The van der Waals surface area contributed by atoms with Gasteiger partial charge in [0.2, 0.25) is 0 Å². The van der Waals surface area contributed by atoms with Crippen LogP contribution in [0.4, 0.5) is 10.1 Å². The number of anilines is 1. The van der Waals surface area contributed by atoms with Crippen molar-refractivity contribution in [1.82, 2.24) is 4.98 Å². The van der Waals surface area contributed by atoms with Gasteiger partial charge in [0, 0.05) is 29.4 Å². The summed E-state index contributed by atoms with van der Waals surface area (Å²) in [6.07, 6.45) is 1.64. The summed E-state index contributed by atoms with van der Waals surface area (Å²) in [5.41, 5.74) is 16.8. The van der Waals surface area contributed by atoms with E-state index < -0.39 is 5.82 Å². The van der Waals surface area contributed by atoms with Crippen LogP contribution < -0.4 is 21.5 Å². The van der Waals surface area contributed by atoms with Crippen molar-refractivity contribution in [3.63, 3.8) is 0 Å². The molecule has 8 N–H and O–H groups in total. The summed E-state index contributed by atoms with van der Waals surface area (Å²) in [5.74, 6) is 0.0307. The van der Waals surface area contributed by atoms with Crippen molar-refractivity contribution in [3.8, 4) is 16.9 Å². The Morgan fingerprint density at radius 1 is 0.949 bits per heavy atom. The summed E-state index contributed by atoms with van der Waals surface area (Å²) in [6, 6.07) is 19.1. The number of amidine groups is 2. The number of aromatic nitrogens is 1. The molecule has 0 radical (unpaired) electrons. The Morgan fingerprint density at radius 3 is 2.10 bits per heavy atom. The predicted octanol–water partition coefficient (Wildman–Crippen LogP) is 5.08. The molecule has 0 saturated heterocycles. The zero-order valence-electron chi connectivity index (χ0n) is 20.9. The van der Waals surface area contributed by atoms with E-state index in [9.17, 15) is 9.50 Å². The predicted molar refractivity (Wildman–Crippen MR) is 154 cm³/mol. The van der Waals surface area contributed by atoms with Crippen LogP contribution in [0.1, 0.15) is 40.9 Å². The molecule has 39 heavy (non-hydrogen) atoms. The van der Waals surface area contributed by atoms with Crippen molar-refractivity contribution in [1.29, 1.82) is 10.8 Å². The molecule has 1 heterocycles. The first-order valence-electron chi connectivity index (χ1n) is 11.9. The third-order valence-electron chi connectivity index (χ3n) is 6.18. The number of aliphatic hydroxyl groups excluding tert-OH is 1. The molecule has 0 aliphatic rings. The van der Waals surface area contributed by atoms with Crippen LogP contribution >= 0.6 is 0 Å². The monoisotopic (exact) mass is 528 g/mol. The van der Waals surface area contributed by atoms with Gasteiger partial charge in [-0.3, -0.25) is 15.8 Å². The van der Waals surface area contributed by atoms with Crippen LogP contribution in [-0.4, -0.2) is 21.8 Å². The number of nitrogens with one attached hydrogen (secondary N) is 3. The largest absolute Gasteiger partial charge is 0.487 e. The van der Waals surface area contributed by atoms with E-state index in [1.54, 1.807) is 61.7 Å². The second-order valence-corrected chi connectivity index (χ2v) is 8.77. The lowest BCUT2D eigenvalue weighted by atomic mass is 10.0. The number of nitrogen functional groups attached to an aromatic ring is 2.